The fraction of sp³-hybridized carbons (Fsp3) is 0.421. The van der Waals surface area contributed by atoms with E-state index in [1.807, 2.05) is 19.3 Å². The molecule has 1 amide bonds. The third-order valence-corrected chi connectivity index (χ3v) is 4.74. The molecule has 1 aromatic heterocycles. The lowest BCUT2D eigenvalue weighted by molar-refractivity contribution is -0.123. The van der Waals surface area contributed by atoms with Crippen molar-refractivity contribution in [2.75, 3.05) is 39.5 Å². The Kier molecular flexibility index (Phi) is 6.55. The fourth-order valence-electron chi connectivity index (χ4n) is 3.07. The van der Waals surface area contributed by atoms with Gasteiger partial charge in [-0.2, -0.15) is 0 Å². The summed E-state index contributed by atoms with van der Waals surface area (Å²) in [5.41, 5.74) is 1.17. The first-order valence-electron chi connectivity index (χ1n) is 8.71. The number of nitrogens with zero attached hydrogens (tertiary/aromatic N) is 2. The van der Waals surface area contributed by atoms with Gasteiger partial charge in [-0.15, -0.1) is 0 Å². The molecule has 0 spiro atoms. The highest BCUT2D eigenvalue weighted by Crippen LogP contribution is 2.21. The van der Waals surface area contributed by atoms with Gasteiger partial charge in [-0.05, 0) is 36.4 Å². The van der Waals surface area contributed by atoms with Crippen molar-refractivity contribution in [2.45, 2.75) is 6.04 Å². The molecule has 3 rings (SSSR count). The van der Waals surface area contributed by atoms with Gasteiger partial charge >= 0.3 is 0 Å². The van der Waals surface area contributed by atoms with Gasteiger partial charge in [-0.1, -0.05) is 11.6 Å². The van der Waals surface area contributed by atoms with Crippen LogP contribution < -0.4 is 10.1 Å². The topological polar surface area (TPSA) is 55.7 Å². The van der Waals surface area contributed by atoms with Crippen molar-refractivity contribution in [3.63, 3.8) is 0 Å². The molecule has 0 unspecified atom stereocenters. The number of morpholine rings is 1. The largest absolute Gasteiger partial charge is 0.484 e. The molecule has 1 fully saturated rings. The first-order valence-corrected chi connectivity index (χ1v) is 9.09. The number of carbonyl (C=O) groups excluding carboxylic acids is 1. The van der Waals surface area contributed by atoms with Crippen LogP contribution in [0.2, 0.25) is 5.02 Å². The molecule has 1 aliphatic heterocycles. The standard InChI is InChI=1S/C19H24ClN3O3/c1-22-8-2-3-17(22)18(23-9-11-25-12-10-23)13-21-19(24)14-26-16-6-4-15(20)5-7-16/h2-8,18H,9-14H2,1H3,(H,21,24)/t18-/m1/s1. The first-order chi connectivity index (χ1) is 12.6. The van der Waals surface area contributed by atoms with Crippen LogP contribution in [0.1, 0.15) is 11.7 Å². The van der Waals surface area contributed by atoms with E-state index in [4.69, 9.17) is 21.1 Å². The number of amides is 1. The number of carbonyl (C=O) groups is 1. The molecule has 0 bridgehead atoms. The zero-order valence-electron chi connectivity index (χ0n) is 14.9. The molecular formula is C19H24ClN3O3. The third-order valence-electron chi connectivity index (χ3n) is 4.49. The van der Waals surface area contributed by atoms with Gasteiger partial charge in [0.05, 0.1) is 19.3 Å². The monoisotopic (exact) mass is 377 g/mol. The molecule has 7 heteroatoms. The average Bonchev–Trinajstić information content (AvgIpc) is 3.08. The quantitative estimate of drug-likeness (QED) is 0.804. The number of hydrogen-bond acceptors (Lipinski definition) is 4. The van der Waals surface area contributed by atoms with E-state index in [0.717, 1.165) is 13.1 Å². The van der Waals surface area contributed by atoms with Gasteiger partial charge in [0.15, 0.2) is 6.61 Å². The predicted octanol–water partition coefficient (Wildman–Crippen LogP) is 2.25. The lowest BCUT2D eigenvalue weighted by Crippen LogP contribution is -2.45. The zero-order valence-corrected chi connectivity index (χ0v) is 15.6. The van der Waals surface area contributed by atoms with Crippen molar-refractivity contribution in [1.82, 2.24) is 14.8 Å². The molecule has 1 saturated heterocycles. The Hall–Kier alpha value is -2.02. The molecule has 6 nitrogen and oxygen atoms in total. The van der Waals surface area contributed by atoms with Gasteiger partial charge in [0.2, 0.25) is 0 Å². The molecule has 0 aliphatic carbocycles. The minimum Gasteiger partial charge on any atom is -0.484 e. The molecule has 1 atom stereocenters. The predicted molar refractivity (Wildman–Crippen MR) is 101 cm³/mol. The van der Waals surface area contributed by atoms with Crippen molar-refractivity contribution in [3.8, 4) is 5.75 Å². The van der Waals surface area contributed by atoms with Crippen molar-refractivity contribution in [1.29, 1.82) is 0 Å². The van der Waals surface area contributed by atoms with E-state index in [0.29, 0.717) is 30.5 Å². The molecule has 1 aromatic carbocycles. The van der Waals surface area contributed by atoms with Crippen LogP contribution >= 0.6 is 11.6 Å². The number of benzene rings is 1. The summed E-state index contributed by atoms with van der Waals surface area (Å²) in [7, 11) is 2.02. The van der Waals surface area contributed by atoms with Crippen molar-refractivity contribution in [3.05, 3.63) is 53.3 Å². The molecule has 1 N–H and O–H groups in total. The maximum atomic E-state index is 12.2. The Morgan fingerprint density at radius 3 is 2.65 bits per heavy atom. The van der Waals surface area contributed by atoms with Gasteiger partial charge in [0.25, 0.3) is 5.91 Å². The third kappa shape index (κ3) is 5.00. The van der Waals surface area contributed by atoms with Crippen molar-refractivity contribution >= 4 is 17.5 Å². The Balaban J connectivity index is 1.55. The van der Waals surface area contributed by atoms with Crippen LogP contribution in [-0.4, -0.2) is 54.8 Å². The van der Waals surface area contributed by atoms with E-state index in [-0.39, 0.29) is 18.6 Å². The Morgan fingerprint density at radius 2 is 2.00 bits per heavy atom. The normalized spacial score (nSPS) is 16.2. The van der Waals surface area contributed by atoms with Crippen molar-refractivity contribution < 1.29 is 14.3 Å². The molecule has 2 heterocycles. The van der Waals surface area contributed by atoms with E-state index in [1.54, 1.807) is 24.3 Å². The number of ether oxygens (including phenoxy) is 2. The Morgan fingerprint density at radius 1 is 1.27 bits per heavy atom. The summed E-state index contributed by atoms with van der Waals surface area (Å²) in [5, 5.41) is 3.63. The summed E-state index contributed by atoms with van der Waals surface area (Å²) in [6, 6.07) is 11.2. The van der Waals surface area contributed by atoms with Gasteiger partial charge in [-0.25, -0.2) is 0 Å². The highest BCUT2D eigenvalue weighted by molar-refractivity contribution is 6.30. The van der Waals surface area contributed by atoms with Crippen LogP contribution in [0.15, 0.2) is 42.6 Å². The van der Waals surface area contributed by atoms with Crippen LogP contribution in [-0.2, 0) is 16.6 Å². The number of aryl methyl sites for hydroxylation is 1. The number of nitrogens with one attached hydrogen (secondary N) is 1. The second kappa shape index (κ2) is 9.07. The van der Waals surface area contributed by atoms with E-state index >= 15 is 0 Å². The summed E-state index contributed by atoms with van der Waals surface area (Å²) in [5.74, 6) is 0.476. The van der Waals surface area contributed by atoms with Crippen LogP contribution in [0.3, 0.4) is 0 Å². The second-order valence-electron chi connectivity index (χ2n) is 6.25. The second-order valence-corrected chi connectivity index (χ2v) is 6.69. The average molecular weight is 378 g/mol. The highest BCUT2D eigenvalue weighted by atomic mass is 35.5. The molecule has 26 heavy (non-hydrogen) atoms. The van der Waals surface area contributed by atoms with Crippen LogP contribution in [0, 0.1) is 0 Å². The van der Waals surface area contributed by atoms with Crippen LogP contribution in [0.25, 0.3) is 0 Å². The number of rotatable bonds is 7. The molecule has 2 aromatic rings. The van der Waals surface area contributed by atoms with Crippen molar-refractivity contribution in [2.24, 2.45) is 7.05 Å². The van der Waals surface area contributed by atoms with E-state index in [9.17, 15) is 4.79 Å². The van der Waals surface area contributed by atoms with Crippen LogP contribution in [0.4, 0.5) is 0 Å². The van der Waals surface area contributed by atoms with E-state index in [2.05, 4.69) is 20.9 Å². The number of aromatic nitrogens is 1. The lowest BCUT2D eigenvalue weighted by Gasteiger charge is -2.34. The number of hydrogen-bond donors (Lipinski definition) is 1. The van der Waals surface area contributed by atoms with Crippen LogP contribution in [0.5, 0.6) is 5.75 Å². The summed E-state index contributed by atoms with van der Waals surface area (Å²) >= 11 is 5.84. The minimum atomic E-state index is -0.146. The highest BCUT2D eigenvalue weighted by Gasteiger charge is 2.24. The first kappa shape index (κ1) is 18.8. The van der Waals surface area contributed by atoms with E-state index in [1.165, 1.54) is 5.69 Å². The summed E-state index contributed by atoms with van der Waals surface area (Å²) in [6.07, 6.45) is 2.02. The molecular weight excluding hydrogens is 354 g/mol. The summed E-state index contributed by atoms with van der Waals surface area (Å²) < 4.78 is 13.1. The maximum Gasteiger partial charge on any atom is 0.258 e. The number of halogens is 1. The fourth-order valence-corrected chi connectivity index (χ4v) is 3.20. The molecule has 0 radical (unpaired) electrons. The summed E-state index contributed by atoms with van der Waals surface area (Å²) in [4.78, 5) is 14.6. The van der Waals surface area contributed by atoms with Gasteiger partial charge in [0.1, 0.15) is 5.75 Å². The van der Waals surface area contributed by atoms with E-state index < -0.39 is 0 Å². The Labute approximate surface area is 158 Å². The van der Waals surface area contributed by atoms with Gasteiger partial charge in [0, 0.05) is 43.6 Å². The lowest BCUT2D eigenvalue weighted by atomic mass is 10.1. The maximum absolute atomic E-state index is 12.2. The Bertz CT molecular complexity index is 711. The molecule has 1 aliphatic rings. The molecule has 140 valence electrons. The smallest absolute Gasteiger partial charge is 0.258 e. The van der Waals surface area contributed by atoms with Gasteiger partial charge in [-0.3, -0.25) is 9.69 Å². The zero-order chi connectivity index (χ0) is 18.4. The minimum absolute atomic E-state index is 0.0232. The SMILES string of the molecule is Cn1cccc1[C@@H](CNC(=O)COc1ccc(Cl)cc1)N1CCOCC1. The summed E-state index contributed by atoms with van der Waals surface area (Å²) in [6.45, 7) is 3.65. The molecule has 0 saturated carbocycles. The van der Waals surface area contributed by atoms with Gasteiger partial charge < -0.3 is 19.4 Å².